The van der Waals surface area contributed by atoms with Gasteiger partial charge >= 0.3 is 0 Å². The summed E-state index contributed by atoms with van der Waals surface area (Å²) in [4.78, 5) is 4.76. The highest BCUT2D eigenvalue weighted by atomic mass is 79.9. The fourth-order valence-electron chi connectivity index (χ4n) is 3.16. The van der Waals surface area contributed by atoms with Gasteiger partial charge in [-0.15, -0.1) is 0 Å². The van der Waals surface area contributed by atoms with E-state index in [9.17, 15) is 0 Å². The monoisotopic (exact) mass is 346 g/mol. The zero-order valence-electron chi connectivity index (χ0n) is 11.9. The number of nitrogens with zero attached hydrogens (tertiary/aromatic N) is 1. The number of pyridine rings is 1. The molecule has 0 bridgehead atoms. The van der Waals surface area contributed by atoms with Gasteiger partial charge in [0.25, 0.3) is 0 Å². The summed E-state index contributed by atoms with van der Waals surface area (Å²) in [6.45, 7) is 0.871. The van der Waals surface area contributed by atoms with Gasteiger partial charge < -0.3 is 10.1 Å². The molecule has 1 aliphatic heterocycles. The first kappa shape index (κ1) is 13.5. The number of aromatic nitrogens is 1. The summed E-state index contributed by atoms with van der Waals surface area (Å²) in [5, 5.41) is 4.77. The second-order valence-corrected chi connectivity index (χ2v) is 6.97. The van der Waals surface area contributed by atoms with Gasteiger partial charge in [0.05, 0.1) is 11.6 Å². The number of rotatable bonds is 3. The van der Waals surface area contributed by atoms with Gasteiger partial charge in [-0.25, -0.2) is 4.98 Å². The van der Waals surface area contributed by atoms with Crippen LogP contribution in [0, 0.1) is 5.92 Å². The average molecular weight is 347 g/mol. The molecule has 1 saturated carbocycles. The van der Waals surface area contributed by atoms with E-state index in [4.69, 9.17) is 9.72 Å². The summed E-state index contributed by atoms with van der Waals surface area (Å²) in [7, 11) is 0. The molecule has 2 heterocycles. The van der Waals surface area contributed by atoms with Crippen LogP contribution >= 0.6 is 15.9 Å². The van der Waals surface area contributed by atoms with E-state index in [0.717, 1.165) is 46.6 Å². The number of halogens is 1. The maximum atomic E-state index is 5.89. The SMILES string of the molecule is Brc1cccc2ccc(NC3CCOC(C4CC4)C3)nc12. The first-order valence-electron chi connectivity index (χ1n) is 7.73. The molecule has 2 atom stereocenters. The molecule has 1 aliphatic carbocycles. The zero-order chi connectivity index (χ0) is 14.2. The minimum atomic E-state index is 0.462. The summed E-state index contributed by atoms with van der Waals surface area (Å²) in [6, 6.07) is 10.9. The predicted molar refractivity (Wildman–Crippen MR) is 88.6 cm³/mol. The fourth-order valence-corrected chi connectivity index (χ4v) is 3.63. The highest BCUT2D eigenvalue weighted by Crippen LogP contribution is 2.38. The third-order valence-electron chi connectivity index (χ3n) is 4.49. The molecule has 1 aromatic heterocycles. The van der Waals surface area contributed by atoms with Gasteiger partial charge in [-0.05, 0) is 65.7 Å². The zero-order valence-corrected chi connectivity index (χ0v) is 13.5. The maximum Gasteiger partial charge on any atom is 0.126 e. The number of ether oxygens (including phenoxy) is 1. The van der Waals surface area contributed by atoms with Crippen molar-refractivity contribution in [3.8, 4) is 0 Å². The number of benzene rings is 1. The molecule has 0 spiro atoms. The molecule has 2 unspecified atom stereocenters. The Kier molecular flexibility index (Phi) is 3.59. The van der Waals surface area contributed by atoms with Crippen LogP contribution < -0.4 is 5.32 Å². The quantitative estimate of drug-likeness (QED) is 0.895. The Balaban J connectivity index is 1.52. The lowest BCUT2D eigenvalue weighted by Crippen LogP contribution is -2.35. The number of nitrogens with one attached hydrogen (secondary N) is 1. The van der Waals surface area contributed by atoms with E-state index in [-0.39, 0.29) is 0 Å². The molecular formula is C17H19BrN2O. The van der Waals surface area contributed by atoms with E-state index in [0.29, 0.717) is 12.1 Å². The van der Waals surface area contributed by atoms with Crippen LogP contribution in [0.2, 0.25) is 0 Å². The minimum absolute atomic E-state index is 0.462. The van der Waals surface area contributed by atoms with Crippen molar-refractivity contribution in [2.75, 3.05) is 11.9 Å². The van der Waals surface area contributed by atoms with Gasteiger partial charge in [0, 0.05) is 22.5 Å². The van der Waals surface area contributed by atoms with Crippen molar-refractivity contribution in [2.45, 2.75) is 37.8 Å². The van der Waals surface area contributed by atoms with E-state index >= 15 is 0 Å². The lowest BCUT2D eigenvalue weighted by atomic mass is 10.00. The summed E-state index contributed by atoms with van der Waals surface area (Å²) in [5.41, 5.74) is 1.02. The van der Waals surface area contributed by atoms with Crippen molar-refractivity contribution in [1.29, 1.82) is 0 Å². The standard InChI is InChI=1S/C17H19BrN2O/c18-14-3-1-2-12-6-7-16(20-17(12)14)19-13-8-9-21-15(10-13)11-4-5-11/h1-3,6-7,11,13,15H,4-5,8-10H2,(H,19,20). The molecule has 0 radical (unpaired) electrons. The molecule has 1 saturated heterocycles. The topological polar surface area (TPSA) is 34.1 Å². The van der Waals surface area contributed by atoms with Gasteiger partial charge in [0.15, 0.2) is 0 Å². The molecule has 1 N–H and O–H groups in total. The second-order valence-electron chi connectivity index (χ2n) is 6.12. The van der Waals surface area contributed by atoms with E-state index in [2.05, 4.69) is 39.4 Å². The van der Waals surface area contributed by atoms with Crippen LogP contribution in [0.3, 0.4) is 0 Å². The van der Waals surface area contributed by atoms with Gasteiger partial charge in [-0.3, -0.25) is 0 Å². The van der Waals surface area contributed by atoms with E-state index < -0.39 is 0 Å². The Hall–Kier alpha value is -1.13. The molecule has 110 valence electrons. The predicted octanol–water partition coefficient (Wildman–Crippen LogP) is 4.37. The minimum Gasteiger partial charge on any atom is -0.378 e. The van der Waals surface area contributed by atoms with Crippen LogP contribution in [0.1, 0.15) is 25.7 Å². The van der Waals surface area contributed by atoms with Crippen molar-refractivity contribution in [3.63, 3.8) is 0 Å². The number of anilines is 1. The molecule has 4 rings (SSSR count). The van der Waals surface area contributed by atoms with E-state index in [1.54, 1.807) is 0 Å². The van der Waals surface area contributed by atoms with Crippen LogP contribution in [-0.2, 0) is 4.74 Å². The van der Waals surface area contributed by atoms with Crippen LogP contribution in [0.4, 0.5) is 5.82 Å². The number of hydrogen-bond donors (Lipinski definition) is 1. The summed E-state index contributed by atoms with van der Waals surface area (Å²) >= 11 is 3.58. The van der Waals surface area contributed by atoms with E-state index in [1.807, 2.05) is 12.1 Å². The fraction of sp³-hybridized carbons (Fsp3) is 0.471. The largest absolute Gasteiger partial charge is 0.378 e. The van der Waals surface area contributed by atoms with Crippen molar-refractivity contribution in [3.05, 3.63) is 34.8 Å². The van der Waals surface area contributed by atoms with Crippen LogP contribution in [0.5, 0.6) is 0 Å². The summed E-state index contributed by atoms with van der Waals surface area (Å²) in [6.07, 6.45) is 5.33. The lowest BCUT2D eigenvalue weighted by molar-refractivity contribution is -0.00222. The average Bonchev–Trinajstić information content (AvgIpc) is 3.33. The first-order valence-corrected chi connectivity index (χ1v) is 8.52. The van der Waals surface area contributed by atoms with Gasteiger partial charge in [-0.1, -0.05) is 12.1 Å². The van der Waals surface area contributed by atoms with E-state index in [1.165, 1.54) is 12.8 Å². The summed E-state index contributed by atoms with van der Waals surface area (Å²) in [5.74, 6) is 1.78. The van der Waals surface area contributed by atoms with Crippen molar-refractivity contribution in [2.24, 2.45) is 5.92 Å². The number of para-hydroxylation sites is 1. The molecule has 4 heteroatoms. The normalized spacial score (nSPS) is 26.0. The van der Waals surface area contributed by atoms with Gasteiger partial charge in [0.2, 0.25) is 0 Å². The number of fused-ring (bicyclic) bond motifs is 1. The van der Waals surface area contributed by atoms with Gasteiger partial charge in [0.1, 0.15) is 5.82 Å². The van der Waals surface area contributed by atoms with Crippen molar-refractivity contribution < 1.29 is 4.74 Å². The van der Waals surface area contributed by atoms with Gasteiger partial charge in [-0.2, -0.15) is 0 Å². The molecule has 2 aliphatic rings. The van der Waals surface area contributed by atoms with Crippen LogP contribution in [0.25, 0.3) is 10.9 Å². The summed E-state index contributed by atoms with van der Waals surface area (Å²) < 4.78 is 6.94. The van der Waals surface area contributed by atoms with Crippen molar-refractivity contribution >= 4 is 32.7 Å². The molecule has 0 amide bonds. The molecule has 3 nitrogen and oxygen atoms in total. The second kappa shape index (κ2) is 5.58. The highest BCUT2D eigenvalue weighted by molar-refractivity contribution is 9.10. The third-order valence-corrected chi connectivity index (χ3v) is 5.13. The molecule has 2 aromatic rings. The third kappa shape index (κ3) is 2.92. The van der Waals surface area contributed by atoms with Crippen LogP contribution in [0.15, 0.2) is 34.8 Å². The highest BCUT2D eigenvalue weighted by Gasteiger charge is 2.35. The molecule has 2 fully saturated rings. The Morgan fingerprint density at radius 3 is 2.90 bits per heavy atom. The Morgan fingerprint density at radius 2 is 2.05 bits per heavy atom. The maximum absolute atomic E-state index is 5.89. The molecular weight excluding hydrogens is 328 g/mol. The Labute approximate surface area is 133 Å². The Morgan fingerprint density at radius 1 is 1.14 bits per heavy atom. The smallest absolute Gasteiger partial charge is 0.126 e. The lowest BCUT2D eigenvalue weighted by Gasteiger charge is -2.30. The Bertz CT molecular complexity index is 656. The number of hydrogen-bond acceptors (Lipinski definition) is 3. The van der Waals surface area contributed by atoms with Crippen molar-refractivity contribution in [1.82, 2.24) is 4.98 Å². The molecule has 21 heavy (non-hydrogen) atoms. The first-order chi connectivity index (χ1) is 10.3. The van der Waals surface area contributed by atoms with Crippen LogP contribution in [-0.4, -0.2) is 23.7 Å². The molecule has 1 aromatic carbocycles.